The van der Waals surface area contributed by atoms with E-state index in [0.29, 0.717) is 17.7 Å². The van der Waals surface area contributed by atoms with Crippen LogP contribution in [0.15, 0.2) is 42.5 Å². The fraction of sp³-hybridized carbons (Fsp3) is 0.188. The van der Waals surface area contributed by atoms with Gasteiger partial charge in [-0.25, -0.2) is 5.84 Å². The van der Waals surface area contributed by atoms with Crippen LogP contribution in [0, 0.1) is 6.92 Å². The number of hydrogen-bond acceptors (Lipinski definition) is 3. The summed E-state index contributed by atoms with van der Waals surface area (Å²) in [5.41, 5.74) is 10.2. The third kappa shape index (κ3) is 2.04. The average molecular weight is 267 g/mol. The van der Waals surface area contributed by atoms with Gasteiger partial charge in [0, 0.05) is 11.3 Å². The molecule has 1 amide bonds. The van der Waals surface area contributed by atoms with Gasteiger partial charge in [0.2, 0.25) is 0 Å². The number of fused-ring (bicyclic) bond motifs is 1. The Morgan fingerprint density at radius 3 is 2.55 bits per heavy atom. The first-order valence-electron chi connectivity index (χ1n) is 6.59. The number of amides is 1. The van der Waals surface area contributed by atoms with Crippen molar-refractivity contribution >= 4 is 11.6 Å². The van der Waals surface area contributed by atoms with E-state index < -0.39 is 0 Å². The van der Waals surface area contributed by atoms with Gasteiger partial charge < -0.3 is 5.73 Å². The zero-order valence-corrected chi connectivity index (χ0v) is 11.3. The summed E-state index contributed by atoms with van der Waals surface area (Å²) >= 11 is 0. The van der Waals surface area contributed by atoms with Gasteiger partial charge in [0.05, 0.1) is 6.04 Å². The number of aryl methyl sites for hydroxylation is 1. The van der Waals surface area contributed by atoms with Crippen LogP contribution in [-0.4, -0.2) is 10.9 Å². The van der Waals surface area contributed by atoms with Gasteiger partial charge in [-0.3, -0.25) is 9.80 Å². The number of hydrogen-bond donors (Lipinski definition) is 2. The van der Waals surface area contributed by atoms with Gasteiger partial charge in [0.25, 0.3) is 5.91 Å². The highest BCUT2D eigenvalue weighted by atomic mass is 16.2. The Bertz CT molecular complexity index is 664. The van der Waals surface area contributed by atoms with Crippen LogP contribution in [0.3, 0.4) is 0 Å². The summed E-state index contributed by atoms with van der Waals surface area (Å²) in [5.74, 6) is 5.82. The number of carbonyl (C=O) groups excluding carboxylic acids is 1. The monoisotopic (exact) mass is 267 g/mol. The van der Waals surface area contributed by atoms with Gasteiger partial charge in [0.1, 0.15) is 0 Å². The Hall–Kier alpha value is -2.33. The van der Waals surface area contributed by atoms with Crippen molar-refractivity contribution in [2.24, 2.45) is 5.84 Å². The SMILES string of the molecule is Cc1ccc(C2Cc3ccc(N)cc3C(=O)N2N)cc1. The largest absolute Gasteiger partial charge is 0.399 e. The first kappa shape index (κ1) is 12.7. The Morgan fingerprint density at radius 1 is 1.15 bits per heavy atom. The minimum atomic E-state index is -0.177. The number of nitrogen functional groups attached to an aromatic ring is 1. The molecule has 0 spiro atoms. The number of nitrogens with zero attached hydrogens (tertiary/aromatic N) is 1. The zero-order valence-electron chi connectivity index (χ0n) is 11.3. The second-order valence-corrected chi connectivity index (χ2v) is 5.26. The first-order chi connectivity index (χ1) is 9.56. The highest BCUT2D eigenvalue weighted by molar-refractivity contribution is 5.97. The third-order valence-electron chi connectivity index (χ3n) is 3.81. The van der Waals surface area contributed by atoms with Crippen molar-refractivity contribution in [3.8, 4) is 0 Å². The van der Waals surface area contributed by atoms with Crippen molar-refractivity contribution in [2.45, 2.75) is 19.4 Å². The Balaban J connectivity index is 2.02. The van der Waals surface area contributed by atoms with Gasteiger partial charge in [0.15, 0.2) is 0 Å². The summed E-state index contributed by atoms with van der Waals surface area (Å²) in [5, 5.41) is 1.31. The van der Waals surface area contributed by atoms with Crippen molar-refractivity contribution in [3.63, 3.8) is 0 Å². The molecule has 1 atom stereocenters. The molecule has 2 aromatic carbocycles. The van der Waals surface area contributed by atoms with Crippen molar-refractivity contribution < 1.29 is 4.79 Å². The molecule has 0 radical (unpaired) electrons. The third-order valence-corrected chi connectivity index (χ3v) is 3.81. The predicted octanol–water partition coefficient (Wildman–Crippen LogP) is 2.19. The molecule has 4 nitrogen and oxygen atoms in total. The van der Waals surface area contributed by atoms with Crippen molar-refractivity contribution in [1.29, 1.82) is 0 Å². The second-order valence-electron chi connectivity index (χ2n) is 5.26. The highest BCUT2D eigenvalue weighted by Gasteiger charge is 2.31. The molecule has 0 saturated carbocycles. The normalized spacial score (nSPS) is 18.0. The Labute approximate surface area is 118 Å². The molecular weight excluding hydrogens is 250 g/mol. The first-order valence-corrected chi connectivity index (χ1v) is 6.59. The Kier molecular flexibility index (Phi) is 2.95. The summed E-state index contributed by atoms with van der Waals surface area (Å²) in [6.45, 7) is 2.04. The summed E-state index contributed by atoms with van der Waals surface area (Å²) in [7, 11) is 0. The lowest BCUT2D eigenvalue weighted by molar-refractivity contribution is 0.0647. The van der Waals surface area contributed by atoms with E-state index in [9.17, 15) is 4.79 Å². The summed E-state index contributed by atoms with van der Waals surface area (Å²) < 4.78 is 0. The summed E-state index contributed by atoms with van der Waals surface area (Å²) in [6, 6.07) is 13.4. The molecule has 1 aliphatic rings. The fourth-order valence-electron chi connectivity index (χ4n) is 2.63. The topological polar surface area (TPSA) is 72.4 Å². The van der Waals surface area contributed by atoms with E-state index in [1.165, 1.54) is 10.6 Å². The van der Waals surface area contributed by atoms with E-state index in [1.54, 1.807) is 6.07 Å². The van der Waals surface area contributed by atoms with Crippen LogP contribution < -0.4 is 11.6 Å². The zero-order chi connectivity index (χ0) is 14.3. The van der Waals surface area contributed by atoms with Gasteiger partial charge in [-0.05, 0) is 36.6 Å². The van der Waals surface area contributed by atoms with Crippen LogP contribution in [0.4, 0.5) is 5.69 Å². The molecule has 4 heteroatoms. The van der Waals surface area contributed by atoms with E-state index >= 15 is 0 Å². The molecule has 102 valence electrons. The lowest BCUT2D eigenvalue weighted by Gasteiger charge is -2.33. The van der Waals surface area contributed by atoms with E-state index in [1.807, 2.05) is 43.3 Å². The maximum absolute atomic E-state index is 12.4. The molecule has 4 N–H and O–H groups in total. The molecule has 3 rings (SSSR count). The number of carbonyl (C=O) groups is 1. The quantitative estimate of drug-likeness (QED) is 0.472. The molecule has 1 aliphatic heterocycles. The van der Waals surface area contributed by atoms with Crippen LogP contribution in [0.2, 0.25) is 0 Å². The Morgan fingerprint density at radius 2 is 1.85 bits per heavy atom. The molecule has 0 saturated heterocycles. The van der Waals surface area contributed by atoms with Crippen LogP contribution in [0.5, 0.6) is 0 Å². The number of hydrazine groups is 1. The summed E-state index contributed by atoms with van der Waals surface area (Å²) in [6.07, 6.45) is 0.709. The minimum Gasteiger partial charge on any atom is -0.399 e. The smallest absolute Gasteiger partial charge is 0.268 e. The molecule has 20 heavy (non-hydrogen) atoms. The van der Waals surface area contributed by atoms with E-state index in [0.717, 1.165) is 11.1 Å². The molecular formula is C16H17N3O. The lowest BCUT2D eigenvalue weighted by Crippen LogP contribution is -2.45. The molecule has 1 heterocycles. The van der Waals surface area contributed by atoms with Crippen LogP contribution in [0.25, 0.3) is 0 Å². The van der Waals surface area contributed by atoms with Crippen molar-refractivity contribution in [3.05, 3.63) is 64.7 Å². The van der Waals surface area contributed by atoms with Crippen molar-refractivity contribution in [2.75, 3.05) is 5.73 Å². The van der Waals surface area contributed by atoms with Crippen molar-refractivity contribution in [1.82, 2.24) is 5.01 Å². The van der Waals surface area contributed by atoms with E-state index in [-0.39, 0.29) is 11.9 Å². The predicted molar refractivity (Wildman–Crippen MR) is 78.8 cm³/mol. The maximum atomic E-state index is 12.4. The van der Waals surface area contributed by atoms with Gasteiger partial charge in [-0.15, -0.1) is 0 Å². The van der Waals surface area contributed by atoms with E-state index in [4.69, 9.17) is 11.6 Å². The van der Waals surface area contributed by atoms with Gasteiger partial charge in [-0.1, -0.05) is 35.9 Å². The number of rotatable bonds is 1. The number of nitrogens with two attached hydrogens (primary N) is 2. The minimum absolute atomic E-state index is 0.126. The van der Waals surface area contributed by atoms with Crippen LogP contribution >= 0.6 is 0 Å². The number of benzene rings is 2. The second kappa shape index (κ2) is 4.65. The summed E-state index contributed by atoms with van der Waals surface area (Å²) in [4.78, 5) is 12.4. The molecule has 0 aromatic heterocycles. The van der Waals surface area contributed by atoms with Gasteiger partial charge >= 0.3 is 0 Å². The lowest BCUT2D eigenvalue weighted by atomic mass is 9.90. The average Bonchev–Trinajstić information content (AvgIpc) is 2.44. The van der Waals surface area contributed by atoms with Crippen LogP contribution in [0.1, 0.15) is 33.1 Å². The van der Waals surface area contributed by atoms with Crippen LogP contribution in [-0.2, 0) is 6.42 Å². The van der Waals surface area contributed by atoms with Gasteiger partial charge in [-0.2, -0.15) is 0 Å². The standard InChI is InChI=1S/C16H17N3O/c1-10-2-4-11(5-3-10)15-8-12-6-7-13(17)9-14(12)16(20)19(15)18/h2-7,9,15H,8,17-18H2,1H3. The molecule has 0 aliphatic carbocycles. The fourth-order valence-corrected chi connectivity index (χ4v) is 2.63. The molecule has 2 aromatic rings. The highest BCUT2D eigenvalue weighted by Crippen LogP contribution is 2.31. The number of anilines is 1. The maximum Gasteiger partial charge on any atom is 0.268 e. The molecule has 0 bridgehead atoms. The molecule has 0 fully saturated rings. The molecule has 1 unspecified atom stereocenters. The van der Waals surface area contributed by atoms with E-state index in [2.05, 4.69) is 0 Å².